The third-order valence-corrected chi connectivity index (χ3v) is 4.70. The summed E-state index contributed by atoms with van der Waals surface area (Å²) in [7, 11) is 0. The maximum absolute atomic E-state index is 12.6. The molecule has 0 saturated carbocycles. The van der Waals surface area contributed by atoms with Gasteiger partial charge >= 0.3 is 24.0 Å². The molecule has 0 radical (unpaired) electrons. The van der Waals surface area contributed by atoms with Crippen LogP contribution in [0.3, 0.4) is 0 Å². The third-order valence-electron chi connectivity index (χ3n) is 3.51. The number of amides is 1. The van der Waals surface area contributed by atoms with E-state index in [-0.39, 0.29) is 29.2 Å². The van der Waals surface area contributed by atoms with Crippen LogP contribution in [0.15, 0.2) is 30.3 Å². The lowest BCUT2D eigenvalue weighted by molar-refractivity contribution is -0.167. The topological polar surface area (TPSA) is 81.7 Å². The van der Waals surface area contributed by atoms with Crippen molar-refractivity contribution in [2.75, 3.05) is 11.9 Å². The lowest BCUT2D eigenvalue weighted by Gasteiger charge is -2.08. The summed E-state index contributed by atoms with van der Waals surface area (Å²) < 4.78 is 47.7. The minimum atomic E-state index is -5.15. The molecular formula is C18H16F3NO5S. The van der Waals surface area contributed by atoms with E-state index in [1.807, 2.05) is 0 Å². The number of esters is 2. The Labute approximate surface area is 162 Å². The van der Waals surface area contributed by atoms with Crippen molar-refractivity contribution in [3.63, 3.8) is 0 Å². The zero-order chi connectivity index (χ0) is 20.9. The number of carbonyl (C=O) groups is 3. The van der Waals surface area contributed by atoms with Crippen molar-refractivity contribution in [3.05, 3.63) is 51.9 Å². The molecule has 0 aliphatic carbocycles. The van der Waals surface area contributed by atoms with Crippen LogP contribution in [0, 0.1) is 6.92 Å². The van der Waals surface area contributed by atoms with Crippen molar-refractivity contribution in [1.82, 2.24) is 0 Å². The van der Waals surface area contributed by atoms with Gasteiger partial charge in [0.1, 0.15) is 16.5 Å². The Hall–Kier alpha value is -2.88. The summed E-state index contributed by atoms with van der Waals surface area (Å²) in [4.78, 5) is 35.7. The summed E-state index contributed by atoms with van der Waals surface area (Å²) in [6, 6.07) is 8.75. The zero-order valence-corrected chi connectivity index (χ0v) is 15.7. The van der Waals surface area contributed by atoms with E-state index in [4.69, 9.17) is 9.47 Å². The molecule has 0 unspecified atom stereocenters. The number of benzene rings is 1. The second-order valence-corrected chi connectivity index (χ2v) is 6.52. The van der Waals surface area contributed by atoms with Gasteiger partial charge < -0.3 is 14.8 Å². The largest absolute Gasteiger partial charge is 0.471 e. The fourth-order valence-corrected chi connectivity index (χ4v) is 3.29. The first kappa shape index (κ1) is 21.4. The number of hydrogen-bond donors (Lipinski definition) is 1. The van der Waals surface area contributed by atoms with Crippen LogP contribution in [-0.4, -0.2) is 30.6 Å². The first-order valence-corrected chi connectivity index (χ1v) is 8.86. The van der Waals surface area contributed by atoms with Gasteiger partial charge in [0.05, 0.1) is 12.2 Å². The van der Waals surface area contributed by atoms with Gasteiger partial charge in [-0.15, -0.1) is 11.3 Å². The smallest absolute Gasteiger partial charge is 0.462 e. The molecule has 0 aliphatic heterocycles. The van der Waals surface area contributed by atoms with E-state index in [0.717, 1.165) is 0 Å². The first-order valence-electron chi connectivity index (χ1n) is 8.04. The fourth-order valence-electron chi connectivity index (χ4n) is 2.21. The van der Waals surface area contributed by atoms with Crippen LogP contribution in [0.4, 0.5) is 18.2 Å². The minimum absolute atomic E-state index is 0.0332. The molecule has 2 rings (SSSR count). The number of alkyl halides is 3. The molecule has 28 heavy (non-hydrogen) atoms. The summed E-state index contributed by atoms with van der Waals surface area (Å²) in [5.41, 5.74) is 0.469. The number of rotatable bonds is 6. The highest BCUT2D eigenvalue weighted by molar-refractivity contribution is 7.18. The van der Waals surface area contributed by atoms with E-state index in [1.54, 1.807) is 35.6 Å². The number of ether oxygens (including phenoxy) is 2. The molecule has 0 fully saturated rings. The zero-order valence-electron chi connectivity index (χ0n) is 14.9. The molecule has 150 valence electrons. The Morgan fingerprint density at radius 3 is 2.29 bits per heavy atom. The number of halogens is 3. The van der Waals surface area contributed by atoms with E-state index in [9.17, 15) is 27.6 Å². The Kier molecular flexibility index (Phi) is 6.79. The second kappa shape index (κ2) is 8.87. The molecule has 0 atom stereocenters. The van der Waals surface area contributed by atoms with E-state index in [0.29, 0.717) is 16.9 Å². The van der Waals surface area contributed by atoms with Crippen molar-refractivity contribution in [1.29, 1.82) is 0 Å². The molecule has 1 amide bonds. The molecule has 1 aromatic heterocycles. The molecule has 0 aliphatic rings. The fraction of sp³-hybridized carbons (Fsp3) is 0.278. The predicted molar refractivity (Wildman–Crippen MR) is 95.3 cm³/mol. The molecule has 0 spiro atoms. The van der Waals surface area contributed by atoms with Crippen molar-refractivity contribution in [2.45, 2.75) is 26.6 Å². The molecule has 0 bridgehead atoms. The second-order valence-electron chi connectivity index (χ2n) is 5.49. The highest BCUT2D eigenvalue weighted by atomic mass is 32.1. The summed E-state index contributed by atoms with van der Waals surface area (Å²) in [5.74, 6) is -4.04. The lowest BCUT2D eigenvalue weighted by Crippen LogP contribution is -2.30. The minimum Gasteiger partial charge on any atom is -0.462 e. The Bertz CT molecular complexity index is 877. The maximum Gasteiger partial charge on any atom is 0.471 e. The first-order chi connectivity index (χ1) is 13.1. The van der Waals surface area contributed by atoms with E-state index < -0.39 is 29.0 Å². The van der Waals surface area contributed by atoms with Gasteiger partial charge in [0.15, 0.2) is 0 Å². The summed E-state index contributed by atoms with van der Waals surface area (Å²) in [5, 5.41) is 1.20. The monoisotopic (exact) mass is 415 g/mol. The van der Waals surface area contributed by atoms with Crippen LogP contribution in [0.25, 0.3) is 0 Å². The van der Waals surface area contributed by atoms with Gasteiger partial charge in [0, 0.05) is 0 Å². The van der Waals surface area contributed by atoms with Gasteiger partial charge in [0.2, 0.25) is 0 Å². The molecule has 10 heteroatoms. The van der Waals surface area contributed by atoms with Crippen LogP contribution in [-0.2, 0) is 20.9 Å². The van der Waals surface area contributed by atoms with Gasteiger partial charge in [-0.2, -0.15) is 13.2 Å². The third kappa shape index (κ3) is 5.10. The Balaban J connectivity index is 2.31. The van der Waals surface area contributed by atoms with Gasteiger partial charge in [-0.3, -0.25) is 4.79 Å². The average Bonchev–Trinajstić information content (AvgIpc) is 2.96. The van der Waals surface area contributed by atoms with Gasteiger partial charge in [0.25, 0.3) is 0 Å². The molecule has 6 nitrogen and oxygen atoms in total. The highest BCUT2D eigenvalue weighted by Crippen LogP contribution is 2.35. The quantitative estimate of drug-likeness (QED) is 0.719. The maximum atomic E-state index is 12.6. The molecule has 2 aromatic rings. The lowest BCUT2D eigenvalue weighted by atomic mass is 10.1. The molecular weight excluding hydrogens is 399 g/mol. The van der Waals surface area contributed by atoms with Gasteiger partial charge in [-0.25, -0.2) is 9.59 Å². The molecule has 1 N–H and O–H groups in total. The molecule has 1 aromatic carbocycles. The van der Waals surface area contributed by atoms with Crippen LogP contribution < -0.4 is 5.32 Å². The van der Waals surface area contributed by atoms with Gasteiger partial charge in [-0.05, 0) is 25.0 Å². The van der Waals surface area contributed by atoms with E-state index in [2.05, 4.69) is 0 Å². The Morgan fingerprint density at radius 1 is 1.07 bits per heavy atom. The Morgan fingerprint density at radius 2 is 1.71 bits per heavy atom. The molecule has 1 heterocycles. The summed E-state index contributed by atoms with van der Waals surface area (Å²) in [6.45, 7) is 2.79. The number of thiophene rings is 1. The van der Waals surface area contributed by atoms with Crippen LogP contribution in [0.1, 0.15) is 38.1 Å². The molecule has 0 saturated heterocycles. The van der Waals surface area contributed by atoms with Crippen molar-refractivity contribution >= 4 is 34.2 Å². The number of hydrogen-bond acceptors (Lipinski definition) is 6. The average molecular weight is 415 g/mol. The van der Waals surface area contributed by atoms with Crippen molar-refractivity contribution in [2.24, 2.45) is 0 Å². The number of carbonyl (C=O) groups excluding carboxylic acids is 3. The van der Waals surface area contributed by atoms with Crippen LogP contribution >= 0.6 is 11.3 Å². The normalized spacial score (nSPS) is 11.0. The summed E-state index contributed by atoms with van der Waals surface area (Å²) in [6.07, 6.45) is -5.15. The highest BCUT2D eigenvalue weighted by Gasteiger charge is 2.40. The van der Waals surface area contributed by atoms with Gasteiger partial charge in [-0.1, -0.05) is 30.3 Å². The number of anilines is 1. The van der Waals surface area contributed by atoms with Crippen molar-refractivity contribution in [3.8, 4) is 0 Å². The number of nitrogens with one attached hydrogen (secondary N) is 1. The van der Waals surface area contributed by atoms with Crippen molar-refractivity contribution < 1.29 is 37.0 Å². The predicted octanol–water partition coefficient (Wildman–Crippen LogP) is 4.09. The summed E-state index contributed by atoms with van der Waals surface area (Å²) >= 11 is 0.521. The van der Waals surface area contributed by atoms with Crippen LogP contribution in [0.5, 0.6) is 0 Å². The van der Waals surface area contributed by atoms with E-state index in [1.165, 1.54) is 13.8 Å². The van der Waals surface area contributed by atoms with Crippen LogP contribution in [0.2, 0.25) is 0 Å². The SMILES string of the molecule is CCOC(=O)c1c(NC(=O)C(F)(F)F)sc(C(=O)OCc2ccccc2)c1C. The standard InChI is InChI=1S/C18H16F3NO5S/c1-3-26-15(23)12-10(2)13(28-14(12)22-17(25)18(19,20)21)16(24)27-9-11-7-5-4-6-8-11/h4-8H,3,9H2,1-2H3,(H,22,25). The van der Waals surface area contributed by atoms with E-state index >= 15 is 0 Å².